The largest absolute Gasteiger partial charge is 0.479 e. The Morgan fingerprint density at radius 1 is 1.28 bits per heavy atom. The van der Waals surface area contributed by atoms with E-state index in [0.717, 1.165) is 0 Å². The van der Waals surface area contributed by atoms with Gasteiger partial charge in [-0.05, 0) is 38.8 Å². The minimum absolute atomic E-state index is 0.0936. The number of ether oxygens (including phenoxy) is 3. The number of hydrogen-bond donors (Lipinski definition) is 3. The van der Waals surface area contributed by atoms with Crippen LogP contribution < -0.4 is 20.1 Å². The number of esters is 1. The average Bonchev–Trinajstić information content (AvgIpc) is 3.48. The summed E-state index contributed by atoms with van der Waals surface area (Å²) in [6, 6.07) is 9.33. The number of nitrogens with one attached hydrogen (secondary N) is 1. The average molecular weight is 618 g/mol. The van der Waals surface area contributed by atoms with Crippen molar-refractivity contribution in [1.82, 2.24) is 24.6 Å². The SMILES string of the molecule is COc1nc(N)nc2c1ncn2C1OC(COP(=O)(NC(C(=O)OC(C)C)C(C)C)Oc2ccccc2)C(O)C1(C)C#N. The number of carbonyl (C=O) groups excluding carboxylic acids is 1. The zero-order chi connectivity index (χ0) is 31.5. The van der Waals surface area contributed by atoms with E-state index in [1.807, 2.05) is 0 Å². The molecule has 1 fully saturated rings. The standard InChI is InChI=1S/C27H36N7O8P/c1-15(2)19(24(36)40-16(3)4)33-43(37,42-17-10-8-7-9-11-17)39-12-18-21(35)27(5,13-28)25(41-18)34-14-30-20-22(34)31-26(29)32-23(20)38-6/h7-11,14-16,18-19,21,25,35H,12H2,1-6H3,(H,33,37)(H2,29,31,32). The lowest BCUT2D eigenvalue weighted by Crippen LogP contribution is -2.43. The molecule has 0 amide bonds. The molecule has 2 aromatic heterocycles. The van der Waals surface area contributed by atoms with Crippen molar-refractivity contribution in [2.75, 3.05) is 19.5 Å². The number of methoxy groups -OCH3 is 1. The minimum atomic E-state index is -4.31. The number of nitrogen functional groups attached to an aromatic ring is 1. The number of para-hydroxylation sites is 1. The molecule has 0 bridgehead atoms. The van der Waals surface area contributed by atoms with Crippen LogP contribution in [0.15, 0.2) is 36.7 Å². The van der Waals surface area contributed by atoms with Crippen LogP contribution in [0, 0.1) is 22.7 Å². The highest BCUT2D eigenvalue weighted by molar-refractivity contribution is 7.52. The first kappa shape index (κ1) is 32.1. The molecule has 4 rings (SSSR count). The molecule has 0 spiro atoms. The second-order valence-electron chi connectivity index (χ2n) is 10.8. The number of nitrogens with zero attached hydrogens (tertiary/aromatic N) is 5. The van der Waals surface area contributed by atoms with Gasteiger partial charge in [-0.25, -0.2) is 9.55 Å². The van der Waals surface area contributed by atoms with Crippen molar-refractivity contribution in [2.45, 2.75) is 65.2 Å². The molecule has 1 aliphatic rings. The number of nitriles is 1. The van der Waals surface area contributed by atoms with E-state index in [0.29, 0.717) is 0 Å². The summed E-state index contributed by atoms with van der Waals surface area (Å²) in [7, 11) is -2.91. The smallest absolute Gasteiger partial charge is 0.459 e. The molecule has 1 saturated heterocycles. The fourth-order valence-electron chi connectivity index (χ4n) is 4.57. The highest BCUT2D eigenvalue weighted by Gasteiger charge is 2.56. The quantitative estimate of drug-likeness (QED) is 0.197. The number of benzene rings is 1. The summed E-state index contributed by atoms with van der Waals surface area (Å²) in [6.45, 7) is 7.92. The number of nitrogens with two attached hydrogens (primary N) is 1. The molecule has 0 saturated carbocycles. The van der Waals surface area contributed by atoms with Crippen LogP contribution in [-0.4, -0.2) is 68.7 Å². The Kier molecular flexibility index (Phi) is 9.58. The molecule has 6 atom stereocenters. The van der Waals surface area contributed by atoms with Crippen LogP contribution >= 0.6 is 7.75 Å². The van der Waals surface area contributed by atoms with Crippen molar-refractivity contribution in [3.63, 3.8) is 0 Å². The van der Waals surface area contributed by atoms with E-state index in [1.165, 1.54) is 24.9 Å². The van der Waals surface area contributed by atoms with Crippen molar-refractivity contribution in [3.05, 3.63) is 36.7 Å². The fraction of sp³-hybridized carbons (Fsp3) is 0.519. The number of aliphatic hydroxyl groups excluding tert-OH is 1. The first-order chi connectivity index (χ1) is 20.3. The fourth-order valence-corrected chi connectivity index (χ4v) is 6.24. The Morgan fingerprint density at radius 3 is 2.58 bits per heavy atom. The minimum Gasteiger partial charge on any atom is -0.479 e. The summed E-state index contributed by atoms with van der Waals surface area (Å²) in [5.74, 6) is -0.753. The molecule has 0 aliphatic carbocycles. The summed E-state index contributed by atoms with van der Waals surface area (Å²) in [5.41, 5.74) is 4.80. The van der Waals surface area contributed by atoms with Crippen LogP contribution in [0.25, 0.3) is 11.2 Å². The lowest BCUT2D eigenvalue weighted by atomic mass is 9.84. The molecular weight excluding hydrogens is 581 g/mol. The highest BCUT2D eigenvalue weighted by atomic mass is 31.2. The molecule has 232 valence electrons. The first-order valence-electron chi connectivity index (χ1n) is 13.6. The number of carbonyl (C=O) groups is 1. The Labute approximate surface area is 248 Å². The molecule has 1 aromatic carbocycles. The van der Waals surface area contributed by atoms with Crippen molar-refractivity contribution in [3.8, 4) is 17.7 Å². The maximum absolute atomic E-state index is 14.1. The number of aliphatic hydroxyl groups is 1. The maximum Gasteiger partial charge on any atom is 0.459 e. The topological polar surface area (TPSA) is 206 Å². The third-order valence-corrected chi connectivity index (χ3v) is 8.36. The van der Waals surface area contributed by atoms with Gasteiger partial charge in [0.1, 0.15) is 29.4 Å². The Balaban J connectivity index is 1.63. The van der Waals surface area contributed by atoms with Crippen LogP contribution in [0.3, 0.4) is 0 Å². The summed E-state index contributed by atoms with van der Waals surface area (Å²) >= 11 is 0. The van der Waals surface area contributed by atoms with Gasteiger partial charge in [0.15, 0.2) is 17.4 Å². The molecule has 0 radical (unpaired) electrons. The van der Waals surface area contributed by atoms with Crippen LogP contribution in [0.4, 0.5) is 5.95 Å². The van der Waals surface area contributed by atoms with Gasteiger partial charge in [-0.1, -0.05) is 32.0 Å². The lowest BCUT2D eigenvalue weighted by Gasteiger charge is -2.28. The van der Waals surface area contributed by atoms with Crippen LogP contribution in [-0.2, 0) is 23.4 Å². The third kappa shape index (κ3) is 6.74. The second-order valence-corrected chi connectivity index (χ2v) is 12.5. The van der Waals surface area contributed by atoms with E-state index in [9.17, 15) is 19.7 Å². The molecule has 15 nitrogen and oxygen atoms in total. The van der Waals surface area contributed by atoms with E-state index in [-0.39, 0.29) is 34.7 Å². The van der Waals surface area contributed by atoms with Crippen molar-refractivity contribution >= 4 is 30.8 Å². The van der Waals surface area contributed by atoms with Gasteiger partial charge in [-0.2, -0.15) is 20.3 Å². The first-order valence-corrected chi connectivity index (χ1v) is 15.1. The highest BCUT2D eigenvalue weighted by Crippen LogP contribution is 2.50. The number of aromatic nitrogens is 4. The zero-order valence-corrected chi connectivity index (χ0v) is 25.6. The van der Waals surface area contributed by atoms with Gasteiger partial charge in [0, 0.05) is 0 Å². The number of fused-ring (bicyclic) bond motifs is 1. The van der Waals surface area contributed by atoms with Crippen LogP contribution in [0.5, 0.6) is 11.6 Å². The van der Waals surface area contributed by atoms with E-state index >= 15 is 0 Å². The maximum atomic E-state index is 14.1. The molecule has 3 heterocycles. The van der Waals surface area contributed by atoms with Crippen LogP contribution in [0.2, 0.25) is 0 Å². The van der Waals surface area contributed by atoms with Gasteiger partial charge in [0.2, 0.25) is 11.8 Å². The monoisotopic (exact) mass is 617 g/mol. The van der Waals surface area contributed by atoms with Crippen molar-refractivity contribution in [1.29, 1.82) is 5.26 Å². The van der Waals surface area contributed by atoms with Gasteiger partial charge < -0.3 is 29.6 Å². The van der Waals surface area contributed by atoms with Gasteiger partial charge >= 0.3 is 13.7 Å². The molecule has 16 heteroatoms. The molecule has 1 aliphatic heterocycles. The molecule has 43 heavy (non-hydrogen) atoms. The Morgan fingerprint density at radius 2 is 1.98 bits per heavy atom. The van der Waals surface area contributed by atoms with E-state index in [4.69, 9.17) is 29.0 Å². The Bertz CT molecular complexity index is 1530. The predicted molar refractivity (Wildman–Crippen MR) is 154 cm³/mol. The summed E-state index contributed by atoms with van der Waals surface area (Å²) in [4.78, 5) is 25.4. The summed E-state index contributed by atoms with van der Waals surface area (Å²) < 4.78 is 43.9. The molecular formula is C27H36N7O8P. The Hall–Kier alpha value is -3.80. The third-order valence-electron chi connectivity index (χ3n) is 6.82. The predicted octanol–water partition coefficient (Wildman–Crippen LogP) is 2.97. The van der Waals surface area contributed by atoms with Gasteiger partial charge in [-0.3, -0.25) is 13.9 Å². The van der Waals surface area contributed by atoms with Gasteiger partial charge in [-0.15, -0.1) is 0 Å². The number of imidazole rings is 1. The lowest BCUT2D eigenvalue weighted by molar-refractivity contribution is -0.150. The van der Waals surface area contributed by atoms with Gasteiger partial charge in [0.25, 0.3) is 0 Å². The molecule has 3 aromatic rings. The number of rotatable bonds is 12. The molecule has 4 N–H and O–H groups in total. The second kappa shape index (κ2) is 12.8. The van der Waals surface area contributed by atoms with Gasteiger partial charge in [0.05, 0.1) is 32.2 Å². The van der Waals surface area contributed by atoms with E-state index in [2.05, 4.69) is 26.1 Å². The number of anilines is 1. The number of hydrogen-bond acceptors (Lipinski definition) is 13. The zero-order valence-electron chi connectivity index (χ0n) is 24.7. The normalized spacial score (nSPS) is 24.0. The van der Waals surface area contributed by atoms with Crippen molar-refractivity contribution in [2.24, 2.45) is 11.3 Å². The summed E-state index contributed by atoms with van der Waals surface area (Å²) in [5, 5.41) is 24.1. The molecule has 6 unspecified atom stereocenters. The van der Waals surface area contributed by atoms with E-state index < -0.39 is 56.3 Å². The van der Waals surface area contributed by atoms with Crippen LogP contribution in [0.1, 0.15) is 40.8 Å². The van der Waals surface area contributed by atoms with Crippen molar-refractivity contribution < 1.29 is 37.7 Å². The summed E-state index contributed by atoms with van der Waals surface area (Å²) in [6.07, 6.45) is -2.73. The van der Waals surface area contributed by atoms with E-state index in [1.54, 1.807) is 58.0 Å².